The van der Waals surface area contributed by atoms with Crippen LogP contribution in [0.5, 0.6) is 5.75 Å². The zero-order valence-electron chi connectivity index (χ0n) is 14.0. The number of nitrogens with zero attached hydrogens (tertiary/aromatic N) is 1. The van der Waals surface area contributed by atoms with E-state index in [-0.39, 0.29) is 23.1 Å². The molecule has 0 bridgehead atoms. The van der Waals surface area contributed by atoms with Gasteiger partial charge in [0.1, 0.15) is 10.6 Å². The highest BCUT2D eigenvalue weighted by atomic mass is 35.5. The number of sulfonamides is 1. The summed E-state index contributed by atoms with van der Waals surface area (Å²) in [4.78, 5) is 13.5. The number of hydrogen-bond acceptors (Lipinski definition) is 4. The van der Waals surface area contributed by atoms with Gasteiger partial charge in [0, 0.05) is 31.1 Å². The average molecular weight is 375 g/mol. The van der Waals surface area contributed by atoms with Crippen molar-refractivity contribution in [2.24, 2.45) is 0 Å². The van der Waals surface area contributed by atoms with Crippen LogP contribution in [0.1, 0.15) is 31.7 Å². The molecule has 1 aromatic rings. The van der Waals surface area contributed by atoms with Gasteiger partial charge in [0.25, 0.3) is 0 Å². The highest BCUT2D eigenvalue weighted by Gasteiger charge is 2.23. The Morgan fingerprint density at radius 3 is 2.75 bits per heavy atom. The minimum absolute atomic E-state index is 0.0184. The molecule has 0 aromatic heterocycles. The topological polar surface area (TPSA) is 75.7 Å². The molecular weight excluding hydrogens is 352 g/mol. The maximum absolute atomic E-state index is 12.6. The third-order valence-electron chi connectivity index (χ3n) is 3.91. The van der Waals surface area contributed by atoms with E-state index in [9.17, 15) is 13.2 Å². The Morgan fingerprint density at radius 1 is 1.33 bits per heavy atom. The van der Waals surface area contributed by atoms with E-state index in [4.69, 9.17) is 16.3 Å². The minimum atomic E-state index is -3.77. The molecule has 1 aliphatic heterocycles. The van der Waals surface area contributed by atoms with E-state index in [1.165, 1.54) is 6.07 Å². The molecule has 2 rings (SSSR count). The number of halogens is 1. The van der Waals surface area contributed by atoms with Gasteiger partial charge in [0.05, 0.1) is 6.61 Å². The summed E-state index contributed by atoms with van der Waals surface area (Å²) in [7, 11) is -3.77. The summed E-state index contributed by atoms with van der Waals surface area (Å²) >= 11 is 6.07. The van der Waals surface area contributed by atoms with Crippen molar-refractivity contribution in [1.29, 1.82) is 0 Å². The fourth-order valence-corrected chi connectivity index (χ4v) is 4.01. The van der Waals surface area contributed by atoms with Gasteiger partial charge in [-0.25, -0.2) is 13.1 Å². The lowest BCUT2D eigenvalue weighted by molar-refractivity contribution is -0.133. The molecule has 1 aromatic carbocycles. The van der Waals surface area contributed by atoms with Gasteiger partial charge in [-0.15, -0.1) is 0 Å². The number of piperidine rings is 1. The third kappa shape index (κ3) is 4.62. The summed E-state index contributed by atoms with van der Waals surface area (Å²) < 4.78 is 33.1. The Kier molecular flexibility index (Phi) is 6.48. The molecule has 0 radical (unpaired) electrons. The summed E-state index contributed by atoms with van der Waals surface area (Å²) in [5.41, 5.74) is 0.748. The summed E-state index contributed by atoms with van der Waals surface area (Å²) in [6.45, 7) is 5.13. The Hall–Kier alpha value is -1.31. The van der Waals surface area contributed by atoms with E-state index in [1.807, 2.05) is 0 Å². The standard InChI is InChI=1S/C16H23ClN2O4S/c1-3-23-14-10-12(2)13(17)11-15(14)24(21,22)18-7-9-19-8-5-4-6-16(19)20/h10-11,18H,3-9H2,1-2H3. The first-order chi connectivity index (χ1) is 11.3. The fourth-order valence-electron chi connectivity index (χ4n) is 2.61. The Balaban J connectivity index is 2.09. The second-order valence-corrected chi connectivity index (χ2v) is 7.86. The predicted molar refractivity (Wildman–Crippen MR) is 93.0 cm³/mol. The van der Waals surface area contributed by atoms with Crippen LogP contribution < -0.4 is 9.46 Å². The van der Waals surface area contributed by atoms with Gasteiger partial charge in [0.15, 0.2) is 0 Å². The molecule has 0 spiro atoms. The zero-order valence-corrected chi connectivity index (χ0v) is 15.5. The van der Waals surface area contributed by atoms with E-state index in [1.54, 1.807) is 24.8 Å². The van der Waals surface area contributed by atoms with Crippen molar-refractivity contribution in [2.75, 3.05) is 26.2 Å². The Labute approximate surface area is 148 Å². The maximum Gasteiger partial charge on any atom is 0.244 e. The number of benzene rings is 1. The molecule has 0 atom stereocenters. The first-order valence-corrected chi connectivity index (χ1v) is 9.91. The van der Waals surface area contributed by atoms with Gasteiger partial charge in [-0.2, -0.15) is 0 Å². The van der Waals surface area contributed by atoms with Crippen LogP contribution in [0.15, 0.2) is 17.0 Å². The van der Waals surface area contributed by atoms with Crippen molar-refractivity contribution >= 4 is 27.5 Å². The molecule has 8 heteroatoms. The van der Waals surface area contributed by atoms with Gasteiger partial charge in [-0.05, 0) is 44.4 Å². The SMILES string of the molecule is CCOc1cc(C)c(Cl)cc1S(=O)(=O)NCCN1CCCCC1=O. The fraction of sp³-hybridized carbons (Fsp3) is 0.562. The molecule has 1 aliphatic rings. The van der Waals surface area contributed by atoms with E-state index in [2.05, 4.69) is 4.72 Å². The monoisotopic (exact) mass is 374 g/mol. The van der Waals surface area contributed by atoms with Crippen LogP contribution in [0.25, 0.3) is 0 Å². The maximum atomic E-state index is 12.6. The van der Waals surface area contributed by atoms with Crippen LogP contribution in [0.4, 0.5) is 0 Å². The normalized spacial score (nSPS) is 15.6. The van der Waals surface area contributed by atoms with Crippen molar-refractivity contribution in [3.8, 4) is 5.75 Å². The average Bonchev–Trinajstić information content (AvgIpc) is 2.52. The molecule has 6 nitrogen and oxygen atoms in total. The van der Waals surface area contributed by atoms with E-state index in [0.717, 1.165) is 18.4 Å². The van der Waals surface area contributed by atoms with Crippen LogP contribution in [0, 0.1) is 6.92 Å². The lowest BCUT2D eigenvalue weighted by Crippen LogP contribution is -2.41. The molecule has 24 heavy (non-hydrogen) atoms. The lowest BCUT2D eigenvalue weighted by Gasteiger charge is -2.26. The Morgan fingerprint density at radius 2 is 2.08 bits per heavy atom. The van der Waals surface area contributed by atoms with Crippen LogP contribution >= 0.6 is 11.6 Å². The third-order valence-corrected chi connectivity index (χ3v) is 5.80. The van der Waals surface area contributed by atoms with Crippen molar-refractivity contribution in [2.45, 2.75) is 38.0 Å². The molecular formula is C16H23ClN2O4S. The summed E-state index contributed by atoms with van der Waals surface area (Å²) in [6.07, 6.45) is 2.40. The van der Waals surface area contributed by atoms with Crippen molar-refractivity contribution in [3.63, 3.8) is 0 Å². The van der Waals surface area contributed by atoms with Crippen molar-refractivity contribution in [3.05, 3.63) is 22.7 Å². The van der Waals surface area contributed by atoms with Crippen LogP contribution in [-0.4, -0.2) is 45.5 Å². The molecule has 0 saturated carbocycles. The van der Waals surface area contributed by atoms with E-state index < -0.39 is 10.0 Å². The summed E-state index contributed by atoms with van der Waals surface area (Å²) in [6, 6.07) is 3.02. The van der Waals surface area contributed by atoms with Gasteiger partial charge in [0.2, 0.25) is 15.9 Å². The molecule has 1 N–H and O–H groups in total. The highest BCUT2D eigenvalue weighted by molar-refractivity contribution is 7.89. The second-order valence-electron chi connectivity index (χ2n) is 5.72. The smallest absolute Gasteiger partial charge is 0.244 e. The van der Waals surface area contributed by atoms with Crippen LogP contribution in [0.3, 0.4) is 0 Å². The van der Waals surface area contributed by atoms with Gasteiger partial charge in [-0.3, -0.25) is 4.79 Å². The molecule has 0 aliphatic carbocycles. The van der Waals surface area contributed by atoms with E-state index in [0.29, 0.717) is 31.1 Å². The van der Waals surface area contributed by atoms with Crippen molar-refractivity contribution in [1.82, 2.24) is 9.62 Å². The number of carbonyl (C=O) groups is 1. The van der Waals surface area contributed by atoms with E-state index >= 15 is 0 Å². The zero-order chi connectivity index (χ0) is 17.7. The highest BCUT2D eigenvalue weighted by Crippen LogP contribution is 2.30. The lowest BCUT2D eigenvalue weighted by atomic mass is 10.1. The van der Waals surface area contributed by atoms with Crippen molar-refractivity contribution < 1.29 is 17.9 Å². The predicted octanol–water partition coefficient (Wildman–Crippen LogP) is 2.34. The molecule has 1 amide bonds. The summed E-state index contributed by atoms with van der Waals surface area (Å²) in [5.74, 6) is 0.356. The number of ether oxygens (including phenoxy) is 1. The number of likely N-dealkylation sites (tertiary alicyclic amines) is 1. The van der Waals surface area contributed by atoms with Gasteiger partial charge < -0.3 is 9.64 Å². The first kappa shape index (κ1) is 19.0. The Bertz CT molecular complexity index is 706. The number of aryl methyl sites for hydroxylation is 1. The molecule has 134 valence electrons. The quantitative estimate of drug-likeness (QED) is 0.794. The second kappa shape index (κ2) is 8.18. The molecule has 0 unspecified atom stereocenters. The number of rotatable bonds is 7. The molecule has 1 heterocycles. The molecule has 1 fully saturated rings. The van der Waals surface area contributed by atoms with Crippen LogP contribution in [0.2, 0.25) is 5.02 Å². The largest absolute Gasteiger partial charge is 0.492 e. The van der Waals surface area contributed by atoms with Gasteiger partial charge >= 0.3 is 0 Å². The number of nitrogens with one attached hydrogen (secondary N) is 1. The number of carbonyl (C=O) groups excluding carboxylic acids is 1. The molecule has 1 saturated heterocycles. The van der Waals surface area contributed by atoms with Crippen LogP contribution in [-0.2, 0) is 14.8 Å². The number of amides is 1. The number of hydrogen-bond donors (Lipinski definition) is 1. The minimum Gasteiger partial charge on any atom is -0.492 e. The first-order valence-electron chi connectivity index (χ1n) is 8.05. The summed E-state index contributed by atoms with van der Waals surface area (Å²) in [5, 5.41) is 0.366. The van der Waals surface area contributed by atoms with Gasteiger partial charge in [-0.1, -0.05) is 11.6 Å².